The summed E-state index contributed by atoms with van der Waals surface area (Å²) in [5.41, 5.74) is 3.81. The van der Waals surface area contributed by atoms with Crippen molar-refractivity contribution in [1.29, 1.82) is 0 Å². The van der Waals surface area contributed by atoms with Crippen LogP contribution in [0.1, 0.15) is 12.5 Å². The third-order valence-corrected chi connectivity index (χ3v) is 8.73. The largest absolute Gasteiger partial charge is 2.00 e. The van der Waals surface area contributed by atoms with Crippen molar-refractivity contribution in [2.75, 3.05) is 21.1 Å². The van der Waals surface area contributed by atoms with Gasteiger partial charge in [-0.1, -0.05) is 60.7 Å². The Hall–Kier alpha value is -1.03. The first-order chi connectivity index (χ1) is 17.9. The van der Waals surface area contributed by atoms with E-state index in [1.54, 1.807) is 0 Å². The Labute approximate surface area is 266 Å². The van der Waals surface area contributed by atoms with E-state index < -0.39 is 7.92 Å². The third-order valence-electron chi connectivity index (χ3n) is 6.22. The van der Waals surface area contributed by atoms with Gasteiger partial charge < -0.3 is 24.0 Å². The van der Waals surface area contributed by atoms with Crippen LogP contribution in [-0.2, 0) is 17.1 Å². The zero-order valence-electron chi connectivity index (χ0n) is 22.9. The molecule has 0 aliphatic heterocycles. The number of hydrogen-bond donors (Lipinski definition) is 0. The van der Waals surface area contributed by atoms with Crippen molar-refractivity contribution < 1.29 is 41.0 Å². The van der Waals surface area contributed by atoms with Gasteiger partial charge in [0.05, 0.1) is 27.2 Å². The number of hydrogen-bond acceptors (Lipinski definition) is 1. The normalized spacial score (nSPS) is 16.8. The first kappa shape index (κ1) is 34.2. The standard InChI is InChI=1S/C29H31N2P.C5H5.Fe.HI/c1-23(30-22-24-18-20-25(21-19-24)31(2,3)4)28-16-11-17-29(28)32(26-12-7-5-8-13-26)27-14-9-6-10-15-27;1-2-4-5-3-1;;/h5-23H,1-4H3;1-5H;;1H/q+1;;+2;/p-1/t23-;;;/m1.../s1. The number of halogens is 1. The number of quaternary nitrogens is 1. The summed E-state index contributed by atoms with van der Waals surface area (Å²) in [6.07, 6.45) is 18.7. The van der Waals surface area contributed by atoms with E-state index in [2.05, 4.69) is 132 Å². The average molecular weight is 686 g/mol. The molecule has 0 heterocycles. The van der Waals surface area contributed by atoms with Gasteiger partial charge in [0.15, 0.2) is 0 Å². The van der Waals surface area contributed by atoms with Gasteiger partial charge in [0.2, 0.25) is 0 Å². The molecule has 2 saturated carbocycles. The Kier molecular flexibility index (Phi) is 14.9. The van der Waals surface area contributed by atoms with E-state index in [0.717, 1.165) is 10.0 Å². The minimum atomic E-state index is -0.621. The summed E-state index contributed by atoms with van der Waals surface area (Å²) in [7, 11) is 5.92. The van der Waals surface area contributed by atoms with Crippen LogP contribution in [0.15, 0.2) is 89.9 Å². The summed E-state index contributed by atoms with van der Waals surface area (Å²) in [4.78, 5) is 4.94. The number of rotatable bonds is 7. The molecule has 2 aliphatic carbocycles. The monoisotopic (exact) mass is 686 g/mol. The minimum Gasteiger partial charge on any atom is -1.00 e. The van der Waals surface area contributed by atoms with Crippen molar-refractivity contribution in [3.05, 3.63) is 153 Å². The van der Waals surface area contributed by atoms with E-state index in [4.69, 9.17) is 4.99 Å². The topological polar surface area (TPSA) is 12.4 Å². The van der Waals surface area contributed by atoms with Gasteiger partial charge in [-0.2, -0.15) is 0 Å². The minimum absolute atomic E-state index is 0. The summed E-state index contributed by atoms with van der Waals surface area (Å²) in [5.74, 6) is 1.31. The molecule has 0 saturated heterocycles. The maximum absolute atomic E-state index is 4.94. The van der Waals surface area contributed by atoms with E-state index in [1.807, 2.05) is 38.3 Å². The maximum atomic E-state index is 4.94. The Morgan fingerprint density at radius 3 is 1.62 bits per heavy atom. The van der Waals surface area contributed by atoms with Crippen molar-refractivity contribution in [3.8, 4) is 0 Å². The number of benzene rings is 3. The molecular formula is C34H36FeIN2P+2. The molecule has 2 aliphatic rings. The summed E-state index contributed by atoms with van der Waals surface area (Å²) in [6, 6.07) is 30.5. The van der Waals surface area contributed by atoms with E-state index >= 15 is 0 Å². The molecule has 3 aromatic rings. The van der Waals surface area contributed by atoms with Gasteiger partial charge in [0, 0.05) is 17.8 Å². The molecule has 0 aromatic heterocycles. The molecule has 0 unspecified atom stereocenters. The zero-order chi connectivity index (χ0) is 26.1. The predicted octanol–water partition coefficient (Wildman–Crippen LogP) is 3.58. The second-order valence-electron chi connectivity index (χ2n) is 9.89. The molecular weight excluding hydrogens is 650 g/mol. The molecule has 10 radical (unpaired) electrons. The molecule has 3 aromatic carbocycles. The molecule has 2 nitrogen and oxygen atoms in total. The fraction of sp³-hybridized carbons (Fsp3) is 0.147. The molecule has 39 heavy (non-hydrogen) atoms. The van der Waals surface area contributed by atoms with Crippen molar-refractivity contribution in [2.45, 2.75) is 13.0 Å². The van der Waals surface area contributed by atoms with Crippen molar-refractivity contribution >= 4 is 30.4 Å². The van der Waals surface area contributed by atoms with Crippen LogP contribution in [0.4, 0.5) is 5.69 Å². The van der Waals surface area contributed by atoms with Crippen LogP contribution in [0.3, 0.4) is 0 Å². The molecule has 5 heteroatoms. The molecule has 0 spiro atoms. The molecule has 0 amide bonds. The molecule has 200 valence electrons. The van der Waals surface area contributed by atoms with Crippen LogP contribution in [-0.4, -0.2) is 33.4 Å². The van der Waals surface area contributed by atoms with Crippen LogP contribution < -0.4 is 39.1 Å². The fourth-order valence-electron chi connectivity index (χ4n) is 4.17. The molecule has 2 fully saturated rings. The maximum Gasteiger partial charge on any atom is 2.00 e. The van der Waals surface area contributed by atoms with E-state index in [0.29, 0.717) is 0 Å². The third kappa shape index (κ3) is 10.1. The van der Waals surface area contributed by atoms with Crippen molar-refractivity contribution in [2.24, 2.45) is 4.99 Å². The van der Waals surface area contributed by atoms with Gasteiger partial charge in [0.25, 0.3) is 0 Å². The Balaban J connectivity index is 0.000000686. The second-order valence-corrected chi connectivity index (χ2v) is 12.1. The first-order valence-electron chi connectivity index (χ1n) is 12.7. The fourth-order valence-corrected chi connectivity index (χ4v) is 6.72. The van der Waals surface area contributed by atoms with E-state index in [-0.39, 0.29) is 47.1 Å². The second kappa shape index (κ2) is 17.0. The smallest absolute Gasteiger partial charge is 1.00 e. The zero-order valence-corrected chi connectivity index (χ0v) is 27.1. The SMILES string of the molecule is C[C@@H](N=Cc1ccc([N+](C)(C)C)cc1)[C]1[CH][CH][CH][C]1P(c1ccccc1)c1ccccc1.[CH]1[CH][CH][CH][CH]1.[Fe+2].[I-]. The van der Waals surface area contributed by atoms with E-state index in [1.165, 1.54) is 27.9 Å². The Bertz CT molecular complexity index is 1050. The quantitative estimate of drug-likeness (QED) is 0.119. The molecule has 0 N–H and O–H groups in total. The number of nitrogens with zero attached hydrogens (tertiary/aromatic N) is 2. The van der Waals surface area contributed by atoms with Crippen LogP contribution in [0.25, 0.3) is 0 Å². The van der Waals surface area contributed by atoms with Crippen molar-refractivity contribution in [3.63, 3.8) is 0 Å². The summed E-state index contributed by atoms with van der Waals surface area (Å²) >= 11 is 0. The van der Waals surface area contributed by atoms with Gasteiger partial charge >= 0.3 is 17.1 Å². The molecule has 1 atom stereocenters. The number of aliphatic imine (C=N–C) groups is 1. The average Bonchev–Trinajstić information content (AvgIpc) is 3.65. The summed E-state index contributed by atoms with van der Waals surface area (Å²) in [5, 5.41) is 2.74. The predicted molar refractivity (Wildman–Crippen MR) is 163 cm³/mol. The van der Waals surface area contributed by atoms with Crippen LogP contribution in [0.2, 0.25) is 0 Å². The molecule has 0 bridgehead atoms. The Morgan fingerprint density at radius 1 is 0.667 bits per heavy atom. The van der Waals surface area contributed by atoms with Crippen molar-refractivity contribution in [1.82, 2.24) is 4.48 Å². The summed E-state index contributed by atoms with van der Waals surface area (Å²) in [6.45, 7) is 2.19. The van der Waals surface area contributed by atoms with Gasteiger partial charge in [-0.3, -0.25) is 9.48 Å². The van der Waals surface area contributed by atoms with E-state index in [9.17, 15) is 0 Å². The van der Waals surface area contributed by atoms with Gasteiger partial charge in [0.1, 0.15) is 5.69 Å². The summed E-state index contributed by atoms with van der Waals surface area (Å²) < 4.78 is 0.813. The van der Waals surface area contributed by atoms with Gasteiger partial charge in [-0.15, -0.1) is 0 Å². The van der Waals surface area contributed by atoms with Gasteiger partial charge in [-0.25, -0.2) is 0 Å². The van der Waals surface area contributed by atoms with Crippen LogP contribution in [0, 0.1) is 62.9 Å². The van der Waals surface area contributed by atoms with Gasteiger partial charge in [-0.05, 0) is 107 Å². The first-order valence-corrected chi connectivity index (χ1v) is 14.1. The Morgan fingerprint density at radius 2 is 1.15 bits per heavy atom. The molecule has 5 rings (SSSR count). The van der Waals surface area contributed by atoms with Crippen LogP contribution >= 0.6 is 7.92 Å². The van der Waals surface area contributed by atoms with Crippen LogP contribution in [0.5, 0.6) is 0 Å².